The molecule has 1 amide bonds. The lowest BCUT2D eigenvalue weighted by atomic mass is 10.3. The zero-order valence-electron chi connectivity index (χ0n) is 12.4. The van der Waals surface area contributed by atoms with Crippen LogP contribution < -0.4 is 10.0 Å². The van der Waals surface area contributed by atoms with E-state index in [0.29, 0.717) is 4.47 Å². The number of carbonyl (C=O) groups is 2. The minimum Gasteiger partial charge on any atom is -0.454 e. The Morgan fingerprint density at radius 2 is 1.96 bits per heavy atom. The predicted molar refractivity (Wildman–Crippen MR) is 88.1 cm³/mol. The number of hydrogen-bond acceptors (Lipinski definition) is 6. The van der Waals surface area contributed by atoms with Gasteiger partial charge in [-0.15, -0.1) is 6.42 Å². The molecule has 130 valence electrons. The van der Waals surface area contributed by atoms with Gasteiger partial charge in [0.1, 0.15) is 6.04 Å². The predicted octanol–water partition coefficient (Wildman–Crippen LogP) is -0.619. The van der Waals surface area contributed by atoms with Gasteiger partial charge in [-0.2, -0.15) is 4.72 Å². The molecule has 0 saturated heterocycles. The molecular formula is C14H15BrN2O6S. The van der Waals surface area contributed by atoms with Crippen LogP contribution in [0.25, 0.3) is 0 Å². The van der Waals surface area contributed by atoms with Gasteiger partial charge >= 0.3 is 5.97 Å². The first kappa shape index (κ1) is 20.1. The van der Waals surface area contributed by atoms with Gasteiger partial charge in [0.25, 0.3) is 5.91 Å². The second-order valence-corrected chi connectivity index (χ2v) is 7.03. The van der Waals surface area contributed by atoms with Gasteiger partial charge in [-0.05, 0) is 24.3 Å². The molecule has 0 saturated carbocycles. The first-order valence-electron chi connectivity index (χ1n) is 6.55. The van der Waals surface area contributed by atoms with E-state index in [9.17, 15) is 23.1 Å². The number of halogens is 1. The fourth-order valence-corrected chi connectivity index (χ4v) is 2.91. The third kappa shape index (κ3) is 6.29. The average Bonchev–Trinajstić information content (AvgIpc) is 2.56. The normalized spacial score (nSPS) is 12.0. The molecule has 0 bridgehead atoms. The second-order valence-electron chi connectivity index (χ2n) is 4.40. The number of benzene rings is 1. The third-order valence-electron chi connectivity index (χ3n) is 2.62. The van der Waals surface area contributed by atoms with E-state index >= 15 is 0 Å². The van der Waals surface area contributed by atoms with E-state index in [-0.39, 0.29) is 11.4 Å². The average molecular weight is 419 g/mol. The quantitative estimate of drug-likeness (QED) is 0.382. The highest BCUT2D eigenvalue weighted by Crippen LogP contribution is 2.14. The SMILES string of the molecule is C#CCNC(=O)COC(=O)C(CO)NS(=O)(=O)c1ccc(Br)cc1. The molecule has 0 aliphatic carbocycles. The van der Waals surface area contributed by atoms with Crippen molar-refractivity contribution in [3.05, 3.63) is 28.7 Å². The molecule has 1 aromatic rings. The van der Waals surface area contributed by atoms with Crippen molar-refractivity contribution in [2.75, 3.05) is 19.8 Å². The summed E-state index contributed by atoms with van der Waals surface area (Å²) < 4.78 is 31.6. The molecule has 1 atom stereocenters. The van der Waals surface area contributed by atoms with Crippen LogP contribution in [-0.2, 0) is 24.3 Å². The fourth-order valence-electron chi connectivity index (χ4n) is 1.47. The molecule has 0 heterocycles. The summed E-state index contributed by atoms with van der Waals surface area (Å²) in [5.74, 6) is 0.432. The highest BCUT2D eigenvalue weighted by Gasteiger charge is 2.26. The van der Waals surface area contributed by atoms with E-state index in [4.69, 9.17) is 6.42 Å². The van der Waals surface area contributed by atoms with E-state index in [0.717, 1.165) is 0 Å². The van der Waals surface area contributed by atoms with E-state index in [1.165, 1.54) is 24.3 Å². The van der Waals surface area contributed by atoms with Crippen LogP contribution in [0.1, 0.15) is 0 Å². The molecule has 0 aromatic heterocycles. The van der Waals surface area contributed by atoms with Gasteiger partial charge in [0.2, 0.25) is 10.0 Å². The van der Waals surface area contributed by atoms with Crippen molar-refractivity contribution in [1.82, 2.24) is 10.0 Å². The van der Waals surface area contributed by atoms with Crippen molar-refractivity contribution in [3.63, 3.8) is 0 Å². The van der Waals surface area contributed by atoms with Gasteiger partial charge in [-0.3, -0.25) is 9.59 Å². The van der Waals surface area contributed by atoms with Crippen LogP contribution >= 0.6 is 15.9 Å². The van der Waals surface area contributed by atoms with Crippen molar-refractivity contribution >= 4 is 37.8 Å². The van der Waals surface area contributed by atoms with Crippen LogP contribution in [-0.4, -0.2) is 51.2 Å². The van der Waals surface area contributed by atoms with Crippen molar-refractivity contribution in [2.45, 2.75) is 10.9 Å². The standard InChI is InChI=1S/C14H15BrN2O6S/c1-2-7-16-13(19)9-23-14(20)12(8-18)17-24(21,22)11-5-3-10(15)4-6-11/h1,3-6,12,17-18H,7-9H2,(H,16,19). The minimum absolute atomic E-state index is 0.0317. The molecule has 10 heteroatoms. The Morgan fingerprint density at radius 1 is 1.33 bits per heavy atom. The molecule has 0 aliphatic rings. The van der Waals surface area contributed by atoms with Crippen molar-refractivity contribution in [2.24, 2.45) is 0 Å². The number of aliphatic hydroxyl groups excluding tert-OH is 1. The molecule has 0 radical (unpaired) electrons. The number of nitrogens with one attached hydrogen (secondary N) is 2. The van der Waals surface area contributed by atoms with Crippen molar-refractivity contribution in [3.8, 4) is 12.3 Å². The summed E-state index contributed by atoms with van der Waals surface area (Å²) in [7, 11) is -4.04. The van der Waals surface area contributed by atoms with Gasteiger partial charge < -0.3 is 15.2 Å². The first-order valence-corrected chi connectivity index (χ1v) is 8.83. The molecule has 0 fully saturated rings. The van der Waals surface area contributed by atoms with Crippen molar-refractivity contribution in [1.29, 1.82) is 0 Å². The molecule has 0 aliphatic heterocycles. The maximum atomic E-state index is 12.1. The Balaban J connectivity index is 2.68. The summed E-state index contributed by atoms with van der Waals surface area (Å²) in [5.41, 5.74) is 0. The highest BCUT2D eigenvalue weighted by molar-refractivity contribution is 9.10. The molecule has 8 nitrogen and oxygen atoms in total. The lowest BCUT2D eigenvalue weighted by Gasteiger charge is -2.15. The van der Waals surface area contributed by atoms with Crippen LogP contribution in [0.15, 0.2) is 33.6 Å². The Hall–Kier alpha value is -1.93. The largest absolute Gasteiger partial charge is 0.454 e. The number of aliphatic hydroxyl groups is 1. The Labute approximate surface area is 147 Å². The number of hydrogen-bond donors (Lipinski definition) is 3. The van der Waals surface area contributed by atoms with E-state index in [2.05, 4.69) is 31.9 Å². The fraction of sp³-hybridized carbons (Fsp3) is 0.286. The first-order chi connectivity index (χ1) is 11.3. The molecule has 0 spiro atoms. The Kier molecular flexibility index (Phi) is 7.87. The zero-order chi connectivity index (χ0) is 18.2. The summed E-state index contributed by atoms with van der Waals surface area (Å²) in [6.45, 7) is -1.51. The van der Waals surface area contributed by atoms with Crippen LogP contribution in [0.3, 0.4) is 0 Å². The number of terminal acetylenes is 1. The summed E-state index contributed by atoms with van der Waals surface area (Å²) in [4.78, 5) is 23.0. The van der Waals surface area contributed by atoms with Crippen LogP contribution in [0.2, 0.25) is 0 Å². The Morgan fingerprint density at radius 3 is 2.50 bits per heavy atom. The van der Waals surface area contributed by atoms with E-state index in [1.54, 1.807) is 0 Å². The Bertz CT molecular complexity index is 727. The number of amides is 1. The maximum absolute atomic E-state index is 12.1. The van der Waals surface area contributed by atoms with Gasteiger partial charge in [0.15, 0.2) is 6.61 Å². The molecular weight excluding hydrogens is 404 g/mol. The van der Waals surface area contributed by atoms with Gasteiger partial charge in [-0.1, -0.05) is 21.9 Å². The molecule has 24 heavy (non-hydrogen) atoms. The van der Waals surface area contributed by atoms with E-state index < -0.39 is 41.2 Å². The van der Waals surface area contributed by atoms with Gasteiger partial charge in [0.05, 0.1) is 18.0 Å². The summed E-state index contributed by atoms with van der Waals surface area (Å²) >= 11 is 3.17. The summed E-state index contributed by atoms with van der Waals surface area (Å²) in [5, 5.41) is 11.5. The zero-order valence-corrected chi connectivity index (χ0v) is 14.8. The molecule has 1 unspecified atom stereocenters. The monoisotopic (exact) mass is 418 g/mol. The molecule has 3 N–H and O–H groups in total. The van der Waals surface area contributed by atoms with Gasteiger partial charge in [0, 0.05) is 4.47 Å². The van der Waals surface area contributed by atoms with E-state index in [1.807, 2.05) is 4.72 Å². The number of ether oxygens (including phenoxy) is 1. The smallest absolute Gasteiger partial charge is 0.327 e. The second kappa shape index (κ2) is 9.39. The highest BCUT2D eigenvalue weighted by atomic mass is 79.9. The number of rotatable bonds is 8. The van der Waals surface area contributed by atoms with Crippen LogP contribution in [0.5, 0.6) is 0 Å². The van der Waals surface area contributed by atoms with Crippen molar-refractivity contribution < 1.29 is 27.9 Å². The molecule has 1 aromatic carbocycles. The maximum Gasteiger partial charge on any atom is 0.327 e. The van der Waals surface area contributed by atoms with Crippen LogP contribution in [0.4, 0.5) is 0 Å². The lowest BCUT2D eigenvalue weighted by Crippen LogP contribution is -2.45. The van der Waals surface area contributed by atoms with Gasteiger partial charge in [-0.25, -0.2) is 8.42 Å². The molecule has 1 rings (SSSR count). The lowest BCUT2D eigenvalue weighted by molar-refractivity contribution is -0.150. The number of sulfonamides is 1. The number of esters is 1. The number of carbonyl (C=O) groups excluding carboxylic acids is 2. The minimum atomic E-state index is -4.04. The topological polar surface area (TPSA) is 122 Å². The third-order valence-corrected chi connectivity index (χ3v) is 4.64. The summed E-state index contributed by atoms with van der Waals surface area (Å²) in [6.07, 6.45) is 4.95. The summed E-state index contributed by atoms with van der Waals surface area (Å²) in [6, 6.07) is 4.12. The van der Waals surface area contributed by atoms with Crippen LogP contribution in [0, 0.1) is 12.3 Å².